The van der Waals surface area contributed by atoms with E-state index >= 15 is 0 Å². The van der Waals surface area contributed by atoms with Crippen LogP contribution in [0.25, 0.3) is 17.0 Å². The first-order valence-corrected chi connectivity index (χ1v) is 8.75. The molecule has 3 rings (SSSR count). The predicted octanol–water partition coefficient (Wildman–Crippen LogP) is 5.90. The Bertz CT molecular complexity index is 1100. The van der Waals surface area contributed by atoms with E-state index in [-0.39, 0.29) is 23.3 Å². The van der Waals surface area contributed by atoms with Gasteiger partial charge in [0.25, 0.3) is 0 Å². The molecule has 9 heteroatoms. The van der Waals surface area contributed by atoms with E-state index in [1.807, 2.05) is 0 Å². The van der Waals surface area contributed by atoms with Crippen molar-refractivity contribution in [2.75, 3.05) is 0 Å². The van der Waals surface area contributed by atoms with E-state index < -0.39 is 17.7 Å². The highest BCUT2D eigenvalue weighted by Crippen LogP contribution is 2.33. The number of hydrogen-bond acceptors (Lipinski definition) is 2. The van der Waals surface area contributed by atoms with Crippen LogP contribution in [-0.4, -0.2) is 20.9 Å². The lowest BCUT2D eigenvalue weighted by Gasteiger charge is -2.09. The van der Waals surface area contributed by atoms with Crippen molar-refractivity contribution in [3.05, 3.63) is 68.8 Å². The number of fused-ring (bicyclic) bond motifs is 1. The van der Waals surface area contributed by atoms with Crippen LogP contribution in [0, 0.1) is 0 Å². The molecular formula is C19H13Cl2F3N2O2. The minimum absolute atomic E-state index is 0.0102. The lowest BCUT2D eigenvalue weighted by molar-refractivity contribution is -0.137. The SMILES string of the molecule is C/C(=C\c1nn(Cc2ccc(Cl)cc2Cl)c2cc(C(F)(F)F)ccc12)C(=O)O. The Labute approximate surface area is 167 Å². The monoisotopic (exact) mass is 428 g/mol. The van der Waals surface area contributed by atoms with Crippen LogP contribution in [0.15, 0.2) is 42.0 Å². The number of halogens is 5. The van der Waals surface area contributed by atoms with Gasteiger partial charge in [-0.1, -0.05) is 29.3 Å². The van der Waals surface area contributed by atoms with Gasteiger partial charge in [0.15, 0.2) is 0 Å². The molecule has 1 aromatic heterocycles. The highest BCUT2D eigenvalue weighted by Gasteiger charge is 2.31. The predicted molar refractivity (Wildman–Crippen MR) is 102 cm³/mol. The van der Waals surface area contributed by atoms with Crippen molar-refractivity contribution in [1.82, 2.24) is 9.78 Å². The largest absolute Gasteiger partial charge is 0.478 e. The molecule has 4 nitrogen and oxygen atoms in total. The molecule has 0 aliphatic carbocycles. The number of nitrogens with zero attached hydrogens (tertiary/aromatic N) is 2. The van der Waals surface area contributed by atoms with Gasteiger partial charge in [-0.05, 0) is 48.9 Å². The Hall–Kier alpha value is -2.51. The number of rotatable bonds is 4. The second-order valence-electron chi connectivity index (χ2n) is 6.14. The molecule has 1 N–H and O–H groups in total. The minimum Gasteiger partial charge on any atom is -0.478 e. The summed E-state index contributed by atoms with van der Waals surface area (Å²) < 4.78 is 40.8. The highest BCUT2D eigenvalue weighted by atomic mass is 35.5. The van der Waals surface area contributed by atoms with Crippen LogP contribution in [0.4, 0.5) is 13.2 Å². The van der Waals surface area contributed by atoms with E-state index in [2.05, 4.69) is 5.10 Å². The molecule has 146 valence electrons. The summed E-state index contributed by atoms with van der Waals surface area (Å²) in [5.41, 5.74) is 0.266. The molecule has 0 radical (unpaired) electrons. The fourth-order valence-electron chi connectivity index (χ4n) is 2.68. The molecule has 0 aliphatic rings. The average molecular weight is 429 g/mol. The molecule has 2 aromatic carbocycles. The number of alkyl halides is 3. The van der Waals surface area contributed by atoms with Gasteiger partial charge in [0.2, 0.25) is 0 Å². The minimum atomic E-state index is -4.52. The summed E-state index contributed by atoms with van der Waals surface area (Å²) in [5, 5.41) is 14.6. The van der Waals surface area contributed by atoms with Gasteiger partial charge in [0.05, 0.1) is 23.3 Å². The number of aliphatic carboxylic acids is 1. The van der Waals surface area contributed by atoms with Crippen molar-refractivity contribution >= 4 is 46.2 Å². The van der Waals surface area contributed by atoms with Crippen molar-refractivity contribution in [1.29, 1.82) is 0 Å². The van der Waals surface area contributed by atoms with Crippen LogP contribution in [0.5, 0.6) is 0 Å². The van der Waals surface area contributed by atoms with Crippen LogP contribution in [0.1, 0.15) is 23.7 Å². The molecule has 0 saturated heterocycles. The Kier molecular flexibility index (Phi) is 5.41. The van der Waals surface area contributed by atoms with Crippen LogP contribution in [0.2, 0.25) is 10.0 Å². The lowest BCUT2D eigenvalue weighted by Crippen LogP contribution is -2.06. The van der Waals surface area contributed by atoms with E-state index in [0.717, 1.165) is 12.1 Å². The lowest BCUT2D eigenvalue weighted by atomic mass is 10.1. The van der Waals surface area contributed by atoms with Gasteiger partial charge in [-0.25, -0.2) is 4.79 Å². The highest BCUT2D eigenvalue weighted by molar-refractivity contribution is 6.35. The average Bonchev–Trinajstić information content (AvgIpc) is 2.93. The summed E-state index contributed by atoms with van der Waals surface area (Å²) in [6.45, 7) is 1.47. The van der Waals surface area contributed by atoms with Crippen molar-refractivity contribution in [2.45, 2.75) is 19.6 Å². The number of benzene rings is 2. The first kappa shape index (κ1) is 20.2. The molecule has 0 saturated carbocycles. The van der Waals surface area contributed by atoms with Crippen LogP contribution in [-0.2, 0) is 17.5 Å². The van der Waals surface area contributed by atoms with Gasteiger partial charge in [0.1, 0.15) is 0 Å². The van der Waals surface area contributed by atoms with Gasteiger partial charge in [0, 0.05) is 21.0 Å². The molecule has 0 amide bonds. The third-order valence-electron chi connectivity index (χ3n) is 4.13. The van der Waals surface area contributed by atoms with Crippen molar-refractivity contribution < 1.29 is 23.1 Å². The molecule has 28 heavy (non-hydrogen) atoms. The second-order valence-corrected chi connectivity index (χ2v) is 6.98. The van der Waals surface area contributed by atoms with Gasteiger partial charge < -0.3 is 5.11 Å². The Morgan fingerprint density at radius 1 is 1.21 bits per heavy atom. The molecule has 0 bridgehead atoms. The molecule has 3 aromatic rings. The number of carboxylic acids is 1. The molecule has 0 unspecified atom stereocenters. The Balaban J connectivity index is 2.18. The number of carbonyl (C=O) groups is 1. The zero-order valence-corrected chi connectivity index (χ0v) is 15.9. The third kappa shape index (κ3) is 4.15. The maximum atomic E-state index is 13.2. The number of aromatic nitrogens is 2. The number of hydrogen-bond donors (Lipinski definition) is 1. The fraction of sp³-hybridized carbons (Fsp3) is 0.158. The summed E-state index contributed by atoms with van der Waals surface area (Å²) in [4.78, 5) is 11.1. The van der Waals surface area contributed by atoms with Crippen molar-refractivity contribution in [2.24, 2.45) is 0 Å². The Morgan fingerprint density at radius 2 is 1.93 bits per heavy atom. The van der Waals surface area contributed by atoms with E-state index in [9.17, 15) is 18.0 Å². The summed E-state index contributed by atoms with van der Waals surface area (Å²) >= 11 is 12.1. The molecule has 0 fully saturated rings. The van der Waals surface area contributed by atoms with Gasteiger partial charge in [-0.3, -0.25) is 4.68 Å². The maximum absolute atomic E-state index is 13.2. The first-order valence-electron chi connectivity index (χ1n) is 7.99. The second kappa shape index (κ2) is 7.48. The first-order chi connectivity index (χ1) is 13.1. The van der Waals surface area contributed by atoms with Gasteiger partial charge >= 0.3 is 12.1 Å². The van der Waals surface area contributed by atoms with Gasteiger partial charge in [-0.15, -0.1) is 0 Å². The summed E-state index contributed by atoms with van der Waals surface area (Å²) in [7, 11) is 0. The van der Waals surface area contributed by atoms with Crippen LogP contribution < -0.4 is 0 Å². The standard InChI is InChI=1S/C19H13Cl2F3N2O2/c1-10(18(27)28)6-16-14-5-3-12(19(22,23)24)7-17(14)26(25-16)9-11-2-4-13(20)8-15(11)21/h2-8H,9H2,1H3,(H,27,28)/b10-6+. The third-order valence-corrected chi connectivity index (χ3v) is 4.72. The maximum Gasteiger partial charge on any atom is 0.416 e. The normalized spacial score (nSPS) is 12.6. The van der Waals surface area contributed by atoms with Crippen molar-refractivity contribution in [3.63, 3.8) is 0 Å². The van der Waals surface area contributed by atoms with E-state index in [4.69, 9.17) is 28.3 Å². The summed E-state index contributed by atoms with van der Waals surface area (Å²) in [6, 6.07) is 8.01. The van der Waals surface area contributed by atoms with Crippen LogP contribution in [0.3, 0.4) is 0 Å². The van der Waals surface area contributed by atoms with E-state index in [0.29, 0.717) is 21.0 Å². The Morgan fingerprint density at radius 3 is 2.54 bits per heavy atom. The van der Waals surface area contributed by atoms with Crippen molar-refractivity contribution in [3.8, 4) is 0 Å². The van der Waals surface area contributed by atoms with Crippen LogP contribution >= 0.6 is 23.2 Å². The molecular weight excluding hydrogens is 416 g/mol. The molecule has 0 atom stereocenters. The zero-order chi connectivity index (χ0) is 20.6. The quantitative estimate of drug-likeness (QED) is 0.526. The summed E-state index contributed by atoms with van der Waals surface area (Å²) in [6.07, 6.45) is -3.20. The topological polar surface area (TPSA) is 55.1 Å². The van der Waals surface area contributed by atoms with E-state index in [1.165, 1.54) is 29.8 Å². The summed E-state index contributed by atoms with van der Waals surface area (Å²) in [5.74, 6) is -1.14. The fourth-order valence-corrected chi connectivity index (χ4v) is 3.15. The van der Waals surface area contributed by atoms with Gasteiger partial charge in [-0.2, -0.15) is 18.3 Å². The zero-order valence-electron chi connectivity index (χ0n) is 14.4. The van der Waals surface area contributed by atoms with E-state index in [1.54, 1.807) is 12.1 Å². The molecule has 0 aliphatic heterocycles. The number of carboxylic acid groups (broad SMARTS) is 1. The molecule has 1 heterocycles. The molecule has 0 spiro atoms. The smallest absolute Gasteiger partial charge is 0.416 e.